The quantitative estimate of drug-likeness (QED) is 0.749. The number of hydrogen-bond donors (Lipinski definition) is 2. The van der Waals surface area contributed by atoms with Crippen molar-refractivity contribution >= 4 is 22.8 Å². The normalized spacial score (nSPS) is 11.5. The topological polar surface area (TPSA) is 80.9 Å². The van der Waals surface area contributed by atoms with E-state index in [1.54, 1.807) is 30.3 Å². The molecule has 5 nitrogen and oxygen atoms in total. The van der Waals surface area contributed by atoms with Gasteiger partial charge >= 0.3 is 6.18 Å². The van der Waals surface area contributed by atoms with Gasteiger partial charge in [0, 0.05) is 11.9 Å². The number of fused-ring (bicyclic) bond motifs is 1. The largest absolute Gasteiger partial charge is 0.416 e. The third-order valence-electron chi connectivity index (χ3n) is 3.79. The molecule has 3 N–H and O–H groups in total. The maximum absolute atomic E-state index is 12.7. The Hall–Kier alpha value is -3.16. The third kappa shape index (κ3) is 3.90. The molecule has 0 radical (unpaired) electrons. The minimum Gasteiger partial charge on any atom is -0.368 e. The number of carbonyl (C=O) groups excluding carboxylic acids is 1. The molecule has 0 atom stereocenters. The first kappa shape index (κ1) is 17.7. The Balaban J connectivity index is 1.71. The van der Waals surface area contributed by atoms with Crippen molar-refractivity contribution in [3.8, 4) is 0 Å². The second-order valence-electron chi connectivity index (χ2n) is 5.65. The number of alkyl halides is 3. The van der Waals surface area contributed by atoms with E-state index in [0.717, 1.165) is 12.1 Å². The number of nitrogens with one attached hydrogen (secondary N) is 1. The van der Waals surface area contributed by atoms with Gasteiger partial charge in [0.2, 0.25) is 5.95 Å². The van der Waals surface area contributed by atoms with Gasteiger partial charge < -0.3 is 11.1 Å². The van der Waals surface area contributed by atoms with Crippen LogP contribution in [0.3, 0.4) is 0 Å². The predicted molar refractivity (Wildman–Crippen MR) is 91.4 cm³/mol. The van der Waals surface area contributed by atoms with Crippen LogP contribution in [0.2, 0.25) is 0 Å². The molecule has 0 aliphatic rings. The van der Waals surface area contributed by atoms with Gasteiger partial charge in [-0.25, -0.2) is 9.97 Å². The van der Waals surface area contributed by atoms with Crippen LogP contribution in [0.5, 0.6) is 0 Å². The van der Waals surface area contributed by atoms with Crippen LogP contribution in [0.25, 0.3) is 10.9 Å². The van der Waals surface area contributed by atoms with Crippen molar-refractivity contribution in [2.45, 2.75) is 12.6 Å². The molecule has 3 rings (SSSR count). The minimum absolute atomic E-state index is 0.0215. The van der Waals surface area contributed by atoms with E-state index < -0.39 is 17.6 Å². The lowest BCUT2D eigenvalue weighted by molar-refractivity contribution is -0.137. The molecule has 1 aromatic heterocycles. The van der Waals surface area contributed by atoms with Crippen LogP contribution >= 0.6 is 0 Å². The Morgan fingerprint density at radius 2 is 1.85 bits per heavy atom. The van der Waals surface area contributed by atoms with Crippen molar-refractivity contribution in [2.75, 3.05) is 12.3 Å². The second-order valence-corrected chi connectivity index (χ2v) is 5.65. The van der Waals surface area contributed by atoms with Crippen LogP contribution in [0.4, 0.5) is 19.1 Å². The van der Waals surface area contributed by atoms with Gasteiger partial charge in [-0.05, 0) is 24.1 Å². The number of nitrogens with zero attached hydrogens (tertiary/aromatic N) is 2. The number of nitrogens with two attached hydrogens (primary N) is 1. The van der Waals surface area contributed by atoms with Gasteiger partial charge in [0.1, 0.15) is 5.69 Å². The first-order chi connectivity index (χ1) is 12.3. The van der Waals surface area contributed by atoms with E-state index in [0.29, 0.717) is 16.5 Å². The zero-order chi connectivity index (χ0) is 18.7. The summed E-state index contributed by atoms with van der Waals surface area (Å²) >= 11 is 0. The van der Waals surface area contributed by atoms with Crippen molar-refractivity contribution < 1.29 is 18.0 Å². The summed E-state index contributed by atoms with van der Waals surface area (Å²) in [5.41, 5.74) is 6.08. The molecular weight excluding hydrogens is 345 g/mol. The van der Waals surface area contributed by atoms with Crippen molar-refractivity contribution in [3.05, 3.63) is 65.4 Å². The monoisotopic (exact) mass is 360 g/mol. The molecule has 1 amide bonds. The lowest BCUT2D eigenvalue weighted by Crippen LogP contribution is -2.27. The van der Waals surface area contributed by atoms with Gasteiger partial charge in [-0.15, -0.1) is 0 Å². The summed E-state index contributed by atoms with van der Waals surface area (Å²) < 4.78 is 38.2. The average Bonchev–Trinajstić information content (AvgIpc) is 2.60. The Kier molecular flexibility index (Phi) is 4.75. The molecule has 3 aromatic rings. The summed E-state index contributed by atoms with van der Waals surface area (Å²) in [6, 6.07) is 12.0. The first-order valence-corrected chi connectivity index (χ1v) is 7.81. The molecule has 134 valence electrons. The molecule has 0 spiro atoms. The first-order valence-electron chi connectivity index (χ1n) is 7.81. The predicted octanol–water partition coefficient (Wildman–Crippen LogP) is 3.20. The summed E-state index contributed by atoms with van der Waals surface area (Å²) in [5, 5.41) is 3.21. The van der Waals surface area contributed by atoms with E-state index in [1.807, 2.05) is 0 Å². The number of hydrogen-bond acceptors (Lipinski definition) is 4. The van der Waals surface area contributed by atoms with Crippen LogP contribution in [0.1, 0.15) is 21.6 Å². The zero-order valence-corrected chi connectivity index (χ0v) is 13.5. The fourth-order valence-electron chi connectivity index (χ4n) is 2.57. The maximum Gasteiger partial charge on any atom is 0.416 e. The summed E-state index contributed by atoms with van der Waals surface area (Å²) in [5.74, 6) is -0.478. The van der Waals surface area contributed by atoms with Crippen molar-refractivity contribution in [2.24, 2.45) is 0 Å². The highest BCUT2D eigenvalue weighted by Gasteiger charge is 2.30. The van der Waals surface area contributed by atoms with Gasteiger partial charge in [0.15, 0.2) is 0 Å². The molecule has 2 aromatic carbocycles. The van der Waals surface area contributed by atoms with Crippen molar-refractivity contribution in [3.63, 3.8) is 0 Å². The number of amides is 1. The van der Waals surface area contributed by atoms with Gasteiger partial charge in [-0.3, -0.25) is 4.79 Å². The molecule has 26 heavy (non-hydrogen) atoms. The number of aromatic nitrogens is 2. The number of rotatable bonds is 4. The standard InChI is InChI=1S/C18H15F3N4O/c19-18(20,21)12-5-3-4-11(10-12)8-9-23-16(26)15-13-6-1-2-7-14(13)24-17(22)25-15/h1-7,10H,8-9H2,(H,23,26)(H2,22,24,25). The molecule has 0 aliphatic heterocycles. The molecule has 0 unspecified atom stereocenters. The molecule has 8 heteroatoms. The second kappa shape index (κ2) is 6.99. The highest BCUT2D eigenvalue weighted by molar-refractivity contribution is 6.04. The molecule has 0 bridgehead atoms. The van der Waals surface area contributed by atoms with Gasteiger partial charge in [-0.2, -0.15) is 13.2 Å². The number of benzene rings is 2. The highest BCUT2D eigenvalue weighted by atomic mass is 19.4. The van der Waals surface area contributed by atoms with E-state index in [-0.39, 0.29) is 24.6 Å². The fourth-order valence-corrected chi connectivity index (χ4v) is 2.57. The Morgan fingerprint density at radius 1 is 1.08 bits per heavy atom. The Morgan fingerprint density at radius 3 is 2.62 bits per heavy atom. The molecule has 0 aliphatic carbocycles. The van der Waals surface area contributed by atoms with Crippen LogP contribution in [0, 0.1) is 0 Å². The zero-order valence-electron chi connectivity index (χ0n) is 13.5. The van der Waals surface area contributed by atoms with Crippen molar-refractivity contribution in [1.29, 1.82) is 0 Å². The molecule has 0 saturated heterocycles. The van der Waals surface area contributed by atoms with E-state index in [1.165, 1.54) is 6.07 Å². The smallest absolute Gasteiger partial charge is 0.368 e. The SMILES string of the molecule is Nc1nc(C(=O)NCCc2cccc(C(F)(F)F)c2)c2ccccc2n1. The average molecular weight is 360 g/mol. The number of halogens is 3. The molecule has 0 saturated carbocycles. The summed E-state index contributed by atoms with van der Waals surface area (Å²) in [4.78, 5) is 20.4. The Bertz CT molecular complexity index is 957. The summed E-state index contributed by atoms with van der Waals surface area (Å²) in [7, 11) is 0. The van der Waals surface area contributed by atoms with Crippen LogP contribution < -0.4 is 11.1 Å². The van der Waals surface area contributed by atoms with Crippen LogP contribution in [-0.4, -0.2) is 22.4 Å². The number of carbonyl (C=O) groups is 1. The fraction of sp³-hybridized carbons (Fsp3) is 0.167. The lowest BCUT2D eigenvalue weighted by Gasteiger charge is -2.10. The van der Waals surface area contributed by atoms with E-state index >= 15 is 0 Å². The number of nitrogen functional groups attached to an aromatic ring is 1. The van der Waals surface area contributed by atoms with Gasteiger partial charge in [0.25, 0.3) is 5.91 Å². The van der Waals surface area contributed by atoms with Crippen molar-refractivity contribution in [1.82, 2.24) is 15.3 Å². The highest BCUT2D eigenvalue weighted by Crippen LogP contribution is 2.29. The molecular formula is C18H15F3N4O. The van der Waals surface area contributed by atoms with Crippen LogP contribution in [0.15, 0.2) is 48.5 Å². The lowest BCUT2D eigenvalue weighted by atomic mass is 10.1. The van der Waals surface area contributed by atoms with Gasteiger partial charge in [0.05, 0.1) is 11.1 Å². The number of anilines is 1. The molecule has 0 fully saturated rings. The van der Waals surface area contributed by atoms with Gasteiger partial charge in [-0.1, -0.05) is 36.4 Å². The third-order valence-corrected chi connectivity index (χ3v) is 3.79. The minimum atomic E-state index is -4.39. The number of para-hydroxylation sites is 1. The van der Waals surface area contributed by atoms with E-state index in [9.17, 15) is 18.0 Å². The van der Waals surface area contributed by atoms with E-state index in [4.69, 9.17) is 5.73 Å². The molecule has 1 heterocycles. The van der Waals surface area contributed by atoms with E-state index in [2.05, 4.69) is 15.3 Å². The maximum atomic E-state index is 12.7. The Labute approximate surface area is 147 Å². The summed E-state index contributed by atoms with van der Waals surface area (Å²) in [6.45, 7) is 0.165. The van der Waals surface area contributed by atoms with Crippen LogP contribution in [-0.2, 0) is 12.6 Å². The summed E-state index contributed by atoms with van der Waals surface area (Å²) in [6.07, 6.45) is -4.13.